The molecule has 8 heteroatoms. The number of amides is 1. The van der Waals surface area contributed by atoms with Gasteiger partial charge in [-0.05, 0) is 40.2 Å². The number of non-ortho nitro benzene ring substituents is 1. The van der Waals surface area contributed by atoms with Crippen LogP contribution in [0.15, 0.2) is 45.3 Å². The van der Waals surface area contributed by atoms with Gasteiger partial charge in [-0.2, -0.15) is 0 Å². The van der Waals surface area contributed by atoms with E-state index in [1.54, 1.807) is 6.07 Å². The van der Waals surface area contributed by atoms with E-state index in [0.29, 0.717) is 8.95 Å². The van der Waals surface area contributed by atoms with Crippen LogP contribution in [-0.2, 0) is 0 Å². The number of hydrogen-bond donors (Lipinski definition) is 1. The highest BCUT2D eigenvalue weighted by Crippen LogP contribution is 2.25. The maximum Gasteiger partial charge on any atom is 0.270 e. The van der Waals surface area contributed by atoms with Crippen LogP contribution in [0, 0.1) is 15.9 Å². The number of nitro benzene ring substituents is 1. The maximum absolute atomic E-state index is 13.7. The van der Waals surface area contributed by atoms with E-state index in [-0.39, 0.29) is 16.9 Å². The Morgan fingerprint density at radius 1 is 1.19 bits per heavy atom. The SMILES string of the molecule is O=C(Nc1ccc(Br)cc1F)c1cc([N+](=O)[O-])ccc1Br. The number of carbonyl (C=O) groups excluding carboxylic acids is 1. The van der Waals surface area contributed by atoms with Crippen molar-refractivity contribution in [3.63, 3.8) is 0 Å². The minimum atomic E-state index is -0.646. The first kappa shape index (κ1) is 15.6. The van der Waals surface area contributed by atoms with Crippen LogP contribution in [0.5, 0.6) is 0 Å². The molecule has 0 unspecified atom stereocenters. The molecule has 0 saturated heterocycles. The Morgan fingerprint density at radius 3 is 2.52 bits per heavy atom. The zero-order valence-electron chi connectivity index (χ0n) is 10.3. The number of hydrogen-bond acceptors (Lipinski definition) is 3. The number of carbonyl (C=O) groups is 1. The average Bonchev–Trinajstić information content (AvgIpc) is 2.42. The first-order valence-electron chi connectivity index (χ1n) is 5.59. The van der Waals surface area contributed by atoms with Crippen LogP contribution in [-0.4, -0.2) is 10.8 Å². The summed E-state index contributed by atoms with van der Waals surface area (Å²) in [5.41, 5.74) is -0.187. The normalized spacial score (nSPS) is 10.2. The van der Waals surface area contributed by atoms with Gasteiger partial charge in [0.1, 0.15) is 5.82 Å². The van der Waals surface area contributed by atoms with Gasteiger partial charge in [0.2, 0.25) is 0 Å². The lowest BCUT2D eigenvalue weighted by Gasteiger charge is -2.08. The second-order valence-corrected chi connectivity index (χ2v) is 5.77. The van der Waals surface area contributed by atoms with E-state index in [4.69, 9.17) is 0 Å². The number of benzene rings is 2. The van der Waals surface area contributed by atoms with Crippen molar-refractivity contribution in [1.29, 1.82) is 0 Å². The Bertz CT molecular complexity index is 737. The van der Waals surface area contributed by atoms with E-state index in [1.807, 2.05) is 0 Å². The van der Waals surface area contributed by atoms with Crippen LogP contribution >= 0.6 is 31.9 Å². The number of nitrogens with one attached hydrogen (secondary N) is 1. The van der Waals surface area contributed by atoms with Gasteiger partial charge in [0, 0.05) is 21.1 Å². The monoisotopic (exact) mass is 416 g/mol. The van der Waals surface area contributed by atoms with Gasteiger partial charge >= 0.3 is 0 Å². The Hall–Kier alpha value is -1.80. The Kier molecular flexibility index (Phi) is 4.69. The molecule has 0 aliphatic rings. The Balaban J connectivity index is 2.32. The fourth-order valence-corrected chi connectivity index (χ4v) is 2.34. The summed E-state index contributed by atoms with van der Waals surface area (Å²) >= 11 is 6.25. The van der Waals surface area contributed by atoms with Crippen molar-refractivity contribution >= 4 is 49.1 Å². The van der Waals surface area contributed by atoms with E-state index < -0.39 is 16.6 Å². The molecule has 0 aromatic heterocycles. The Morgan fingerprint density at radius 2 is 1.90 bits per heavy atom. The van der Waals surface area contributed by atoms with Gasteiger partial charge in [-0.3, -0.25) is 14.9 Å². The fourth-order valence-electron chi connectivity index (χ4n) is 1.58. The fraction of sp³-hybridized carbons (Fsp3) is 0. The van der Waals surface area contributed by atoms with Crippen LogP contribution < -0.4 is 5.32 Å². The summed E-state index contributed by atoms with van der Waals surface area (Å²) in [5.74, 6) is -1.26. The molecular weight excluding hydrogens is 411 g/mol. The minimum absolute atomic E-state index is 0.0124. The lowest BCUT2D eigenvalue weighted by atomic mass is 10.2. The highest BCUT2D eigenvalue weighted by Gasteiger charge is 2.16. The van der Waals surface area contributed by atoms with Crippen molar-refractivity contribution in [2.45, 2.75) is 0 Å². The third-order valence-electron chi connectivity index (χ3n) is 2.58. The molecule has 0 aliphatic carbocycles. The van der Waals surface area contributed by atoms with Gasteiger partial charge in [-0.1, -0.05) is 15.9 Å². The quantitative estimate of drug-likeness (QED) is 0.589. The van der Waals surface area contributed by atoms with Crippen molar-refractivity contribution in [2.24, 2.45) is 0 Å². The summed E-state index contributed by atoms with van der Waals surface area (Å²) in [5, 5.41) is 13.1. The third kappa shape index (κ3) is 3.64. The molecule has 2 aromatic rings. The molecule has 108 valence electrons. The first-order valence-corrected chi connectivity index (χ1v) is 7.17. The molecule has 0 radical (unpaired) electrons. The molecule has 2 aromatic carbocycles. The van der Waals surface area contributed by atoms with Gasteiger partial charge in [-0.15, -0.1) is 0 Å². The number of nitrogens with zero attached hydrogens (tertiary/aromatic N) is 1. The van der Waals surface area contributed by atoms with Gasteiger partial charge < -0.3 is 5.32 Å². The lowest BCUT2D eigenvalue weighted by Crippen LogP contribution is -2.14. The summed E-state index contributed by atoms with van der Waals surface area (Å²) in [6.07, 6.45) is 0. The molecule has 0 heterocycles. The molecule has 0 bridgehead atoms. The van der Waals surface area contributed by atoms with E-state index in [2.05, 4.69) is 37.2 Å². The second kappa shape index (κ2) is 6.31. The summed E-state index contributed by atoms with van der Waals surface area (Å²) in [6.45, 7) is 0. The van der Waals surface area contributed by atoms with Gasteiger partial charge in [-0.25, -0.2) is 4.39 Å². The predicted molar refractivity (Wildman–Crippen MR) is 82.8 cm³/mol. The maximum atomic E-state index is 13.7. The number of rotatable bonds is 3. The Labute approximate surface area is 135 Å². The lowest BCUT2D eigenvalue weighted by molar-refractivity contribution is -0.384. The zero-order chi connectivity index (χ0) is 15.6. The zero-order valence-corrected chi connectivity index (χ0v) is 13.4. The van der Waals surface area contributed by atoms with Crippen LogP contribution in [0.3, 0.4) is 0 Å². The van der Waals surface area contributed by atoms with Gasteiger partial charge in [0.15, 0.2) is 0 Å². The van der Waals surface area contributed by atoms with Crippen LogP contribution in [0.25, 0.3) is 0 Å². The van der Waals surface area contributed by atoms with Crippen molar-refractivity contribution in [3.05, 3.63) is 66.8 Å². The molecule has 0 saturated carbocycles. The van der Waals surface area contributed by atoms with E-state index in [1.165, 1.54) is 24.3 Å². The number of anilines is 1. The van der Waals surface area contributed by atoms with Crippen molar-refractivity contribution < 1.29 is 14.1 Å². The molecule has 5 nitrogen and oxygen atoms in total. The smallest absolute Gasteiger partial charge is 0.270 e. The molecule has 0 fully saturated rings. The van der Waals surface area contributed by atoms with E-state index in [9.17, 15) is 19.3 Å². The molecule has 0 atom stereocenters. The first-order chi connectivity index (χ1) is 9.88. The summed E-state index contributed by atoms with van der Waals surface area (Å²) in [7, 11) is 0. The van der Waals surface area contributed by atoms with Crippen LogP contribution in [0.2, 0.25) is 0 Å². The number of halogens is 3. The molecule has 1 N–H and O–H groups in total. The third-order valence-corrected chi connectivity index (χ3v) is 3.77. The predicted octanol–water partition coefficient (Wildman–Crippen LogP) is 4.51. The molecule has 1 amide bonds. The highest BCUT2D eigenvalue weighted by molar-refractivity contribution is 9.10. The number of nitro groups is 1. The van der Waals surface area contributed by atoms with Crippen molar-refractivity contribution in [1.82, 2.24) is 0 Å². The second-order valence-electron chi connectivity index (χ2n) is 4.00. The molecule has 2 rings (SSSR count). The van der Waals surface area contributed by atoms with E-state index in [0.717, 1.165) is 6.07 Å². The molecule has 0 aliphatic heterocycles. The van der Waals surface area contributed by atoms with Crippen molar-refractivity contribution in [3.8, 4) is 0 Å². The van der Waals surface area contributed by atoms with Crippen LogP contribution in [0.1, 0.15) is 10.4 Å². The van der Waals surface area contributed by atoms with Crippen LogP contribution in [0.4, 0.5) is 15.8 Å². The topological polar surface area (TPSA) is 72.2 Å². The minimum Gasteiger partial charge on any atom is -0.319 e. The van der Waals surface area contributed by atoms with E-state index >= 15 is 0 Å². The largest absolute Gasteiger partial charge is 0.319 e. The molecule has 0 spiro atoms. The summed E-state index contributed by atoms with van der Waals surface area (Å²) in [4.78, 5) is 22.2. The molecular formula is C13H7Br2FN2O3. The average molecular weight is 418 g/mol. The highest BCUT2D eigenvalue weighted by atomic mass is 79.9. The molecule has 21 heavy (non-hydrogen) atoms. The van der Waals surface area contributed by atoms with Crippen molar-refractivity contribution in [2.75, 3.05) is 5.32 Å². The summed E-state index contributed by atoms with van der Waals surface area (Å²) in [6, 6.07) is 7.95. The standard InChI is InChI=1S/C13H7Br2FN2O3/c14-7-1-4-12(11(16)5-7)17-13(19)9-6-8(18(20)21)2-3-10(9)15/h1-6H,(H,17,19). The van der Waals surface area contributed by atoms with Gasteiger partial charge in [0.25, 0.3) is 11.6 Å². The summed E-state index contributed by atoms with van der Waals surface area (Å²) < 4.78 is 14.6. The van der Waals surface area contributed by atoms with Gasteiger partial charge in [0.05, 0.1) is 16.2 Å².